The number of para-hydroxylation sites is 1. The van der Waals surface area contributed by atoms with Crippen molar-refractivity contribution in [3.05, 3.63) is 52.2 Å². The van der Waals surface area contributed by atoms with Crippen LogP contribution in [0.1, 0.15) is 25.8 Å². The van der Waals surface area contributed by atoms with E-state index in [4.69, 9.17) is 9.15 Å². The van der Waals surface area contributed by atoms with Gasteiger partial charge in [-0.2, -0.15) is 0 Å². The summed E-state index contributed by atoms with van der Waals surface area (Å²) in [5.41, 5.74) is 2.06. The number of hydrogen-bond acceptors (Lipinski definition) is 3. The molecule has 114 valence electrons. The Balaban J connectivity index is 2.18. The first kappa shape index (κ1) is 14.6. The van der Waals surface area contributed by atoms with E-state index >= 15 is 0 Å². The fraction of sp³-hybridized carbons (Fsp3) is 0.316. The lowest BCUT2D eigenvalue weighted by molar-refractivity contribution is 0.289. The second-order valence-electron chi connectivity index (χ2n) is 6.04. The third kappa shape index (κ3) is 2.59. The van der Waals surface area contributed by atoms with Crippen LogP contribution in [0.4, 0.5) is 0 Å². The normalized spacial score (nSPS) is 11.5. The number of hydrogen-bond donors (Lipinski definition) is 0. The fourth-order valence-corrected chi connectivity index (χ4v) is 2.55. The lowest BCUT2D eigenvalue weighted by Crippen LogP contribution is -2.06. The predicted octanol–water partition coefficient (Wildman–Crippen LogP) is 4.68. The molecule has 0 N–H and O–H groups in total. The number of benzene rings is 2. The van der Waals surface area contributed by atoms with Gasteiger partial charge in [0, 0.05) is 0 Å². The van der Waals surface area contributed by atoms with Gasteiger partial charge in [0.05, 0.1) is 17.4 Å². The van der Waals surface area contributed by atoms with E-state index in [1.165, 1.54) is 0 Å². The lowest BCUT2D eigenvalue weighted by atomic mass is 10.1. The summed E-state index contributed by atoms with van der Waals surface area (Å²) >= 11 is 0. The summed E-state index contributed by atoms with van der Waals surface area (Å²) in [6.45, 7) is 6.85. The zero-order valence-corrected chi connectivity index (χ0v) is 13.2. The average molecular weight is 296 g/mol. The van der Waals surface area contributed by atoms with Gasteiger partial charge in [-0.15, -0.1) is 0 Å². The lowest BCUT2D eigenvalue weighted by Gasteiger charge is -2.11. The van der Waals surface area contributed by atoms with Crippen LogP contribution in [0.2, 0.25) is 0 Å². The molecule has 3 nitrogen and oxygen atoms in total. The van der Waals surface area contributed by atoms with Gasteiger partial charge in [0.25, 0.3) is 0 Å². The molecule has 0 radical (unpaired) electrons. The number of rotatable bonds is 4. The Bertz CT molecular complexity index is 875. The highest BCUT2D eigenvalue weighted by Gasteiger charge is 2.14. The average Bonchev–Trinajstić information content (AvgIpc) is 2.49. The largest absolute Gasteiger partial charge is 0.490 e. The minimum Gasteiger partial charge on any atom is -0.490 e. The quantitative estimate of drug-likeness (QED) is 0.656. The molecule has 0 aliphatic heterocycles. The molecule has 0 saturated heterocycles. The highest BCUT2D eigenvalue weighted by atomic mass is 16.5. The van der Waals surface area contributed by atoms with Crippen LogP contribution in [0.15, 0.2) is 45.6 Å². The van der Waals surface area contributed by atoms with Crippen molar-refractivity contribution in [3.8, 4) is 5.75 Å². The minimum absolute atomic E-state index is 0.00339. The third-order valence-corrected chi connectivity index (χ3v) is 3.85. The van der Waals surface area contributed by atoms with E-state index in [-0.39, 0.29) is 5.43 Å². The van der Waals surface area contributed by atoms with E-state index in [2.05, 4.69) is 13.8 Å². The molecule has 0 amide bonds. The molecule has 3 aromatic rings. The monoisotopic (exact) mass is 296 g/mol. The van der Waals surface area contributed by atoms with Gasteiger partial charge in [-0.3, -0.25) is 4.79 Å². The van der Waals surface area contributed by atoms with Crippen molar-refractivity contribution < 1.29 is 9.15 Å². The SMILES string of the molecule is Cc1ccc(OCCC(C)C)c2oc3ccccc3c(=O)c12. The van der Waals surface area contributed by atoms with Gasteiger partial charge in [-0.1, -0.05) is 32.0 Å². The Morgan fingerprint density at radius 3 is 2.68 bits per heavy atom. The number of fused-ring (bicyclic) bond motifs is 2. The Hall–Kier alpha value is -2.29. The molecule has 1 heterocycles. The Morgan fingerprint density at radius 1 is 1.14 bits per heavy atom. The maximum Gasteiger partial charge on any atom is 0.200 e. The van der Waals surface area contributed by atoms with Gasteiger partial charge in [0.15, 0.2) is 11.3 Å². The van der Waals surface area contributed by atoms with E-state index in [0.717, 1.165) is 12.0 Å². The molecule has 0 unspecified atom stereocenters. The van der Waals surface area contributed by atoms with Crippen molar-refractivity contribution in [1.29, 1.82) is 0 Å². The van der Waals surface area contributed by atoms with E-state index in [1.54, 1.807) is 6.07 Å². The summed E-state index contributed by atoms with van der Waals surface area (Å²) in [7, 11) is 0. The summed E-state index contributed by atoms with van der Waals surface area (Å²) in [5.74, 6) is 1.22. The molecule has 3 rings (SSSR count). The maximum absolute atomic E-state index is 12.7. The van der Waals surface area contributed by atoms with Crippen molar-refractivity contribution in [2.24, 2.45) is 5.92 Å². The maximum atomic E-state index is 12.7. The Kier molecular flexibility index (Phi) is 3.88. The van der Waals surface area contributed by atoms with Crippen LogP contribution in [0.25, 0.3) is 21.9 Å². The van der Waals surface area contributed by atoms with Gasteiger partial charge >= 0.3 is 0 Å². The van der Waals surface area contributed by atoms with Crippen LogP contribution in [0, 0.1) is 12.8 Å². The minimum atomic E-state index is 0.00339. The molecule has 0 spiro atoms. The predicted molar refractivity (Wildman–Crippen MR) is 89.7 cm³/mol. The molecule has 1 aromatic heterocycles. The van der Waals surface area contributed by atoms with Crippen molar-refractivity contribution in [1.82, 2.24) is 0 Å². The Labute approximate surface area is 129 Å². The summed E-state index contributed by atoms with van der Waals surface area (Å²) in [6, 6.07) is 11.1. The molecule has 0 aliphatic rings. The first-order chi connectivity index (χ1) is 10.6. The van der Waals surface area contributed by atoms with E-state index in [9.17, 15) is 4.79 Å². The van der Waals surface area contributed by atoms with Crippen LogP contribution in [0.5, 0.6) is 5.75 Å². The molecule has 3 heteroatoms. The van der Waals surface area contributed by atoms with Crippen LogP contribution in [-0.4, -0.2) is 6.61 Å². The second kappa shape index (κ2) is 5.84. The molecule has 0 atom stereocenters. The molecular formula is C19H20O3. The van der Waals surface area contributed by atoms with Crippen LogP contribution < -0.4 is 10.2 Å². The number of aryl methyl sites for hydroxylation is 1. The second-order valence-corrected chi connectivity index (χ2v) is 6.04. The van der Waals surface area contributed by atoms with Crippen molar-refractivity contribution in [2.45, 2.75) is 27.2 Å². The smallest absolute Gasteiger partial charge is 0.200 e. The fourth-order valence-electron chi connectivity index (χ4n) is 2.55. The molecule has 0 fully saturated rings. The molecule has 22 heavy (non-hydrogen) atoms. The zero-order valence-electron chi connectivity index (χ0n) is 13.2. The van der Waals surface area contributed by atoms with E-state index < -0.39 is 0 Å². The van der Waals surface area contributed by atoms with Gasteiger partial charge in [0.2, 0.25) is 5.43 Å². The summed E-state index contributed by atoms with van der Waals surface area (Å²) in [4.78, 5) is 12.7. The summed E-state index contributed by atoms with van der Waals surface area (Å²) in [6.07, 6.45) is 0.965. The van der Waals surface area contributed by atoms with Crippen molar-refractivity contribution in [3.63, 3.8) is 0 Å². The molecule has 0 bridgehead atoms. The van der Waals surface area contributed by atoms with E-state index in [1.807, 2.05) is 37.3 Å². The van der Waals surface area contributed by atoms with Crippen LogP contribution >= 0.6 is 0 Å². The van der Waals surface area contributed by atoms with Crippen LogP contribution in [-0.2, 0) is 0 Å². The first-order valence-electron chi connectivity index (χ1n) is 7.66. The molecular weight excluding hydrogens is 276 g/mol. The zero-order chi connectivity index (χ0) is 15.7. The summed E-state index contributed by atoms with van der Waals surface area (Å²) < 4.78 is 11.8. The molecule has 2 aromatic carbocycles. The highest BCUT2D eigenvalue weighted by Crippen LogP contribution is 2.29. The highest BCUT2D eigenvalue weighted by molar-refractivity contribution is 5.94. The van der Waals surface area contributed by atoms with E-state index in [0.29, 0.717) is 40.2 Å². The van der Waals surface area contributed by atoms with Crippen molar-refractivity contribution in [2.75, 3.05) is 6.61 Å². The van der Waals surface area contributed by atoms with Gasteiger partial charge in [-0.05, 0) is 43.0 Å². The Morgan fingerprint density at radius 2 is 1.91 bits per heavy atom. The molecule has 0 saturated carbocycles. The summed E-state index contributed by atoms with van der Waals surface area (Å²) in [5, 5.41) is 1.22. The standard InChI is InChI=1S/C19H20O3/c1-12(2)10-11-21-16-9-8-13(3)17-18(20)14-6-4-5-7-15(14)22-19(16)17/h4-9,12H,10-11H2,1-3H3. The first-order valence-corrected chi connectivity index (χ1v) is 7.66. The van der Waals surface area contributed by atoms with Crippen LogP contribution in [0.3, 0.4) is 0 Å². The third-order valence-electron chi connectivity index (χ3n) is 3.85. The molecule has 0 aliphatic carbocycles. The number of ether oxygens (including phenoxy) is 1. The van der Waals surface area contributed by atoms with Gasteiger partial charge in [-0.25, -0.2) is 0 Å². The van der Waals surface area contributed by atoms with Gasteiger partial charge < -0.3 is 9.15 Å². The van der Waals surface area contributed by atoms with Gasteiger partial charge in [0.1, 0.15) is 5.58 Å². The topological polar surface area (TPSA) is 39.4 Å². The van der Waals surface area contributed by atoms with Crippen molar-refractivity contribution >= 4 is 21.9 Å².